The normalized spacial score (nSPS) is 11.4. The van der Waals surface area contributed by atoms with Crippen molar-refractivity contribution in [3.8, 4) is 11.5 Å². The second-order valence-corrected chi connectivity index (χ2v) is 6.71. The fourth-order valence-corrected chi connectivity index (χ4v) is 2.91. The summed E-state index contributed by atoms with van der Waals surface area (Å²) in [7, 11) is 1.50. The van der Waals surface area contributed by atoms with Gasteiger partial charge in [0.05, 0.1) is 17.3 Å². The topological polar surface area (TPSA) is 76.7 Å². The van der Waals surface area contributed by atoms with Gasteiger partial charge in [-0.2, -0.15) is 0 Å². The number of halogens is 2. The Morgan fingerprint density at radius 3 is 2.42 bits per heavy atom. The predicted octanol–water partition coefficient (Wildman–Crippen LogP) is 4.48. The van der Waals surface area contributed by atoms with Crippen molar-refractivity contribution in [3.05, 3.63) is 45.9 Å². The summed E-state index contributed by atoms with van der Waals surface area (Å²) in [5, 5.41) is 5.96. The van der Waals surface area contributed by atoms with Gasteiger partial charge in [-0.05, 0) is 59.3 Å². The first-order chi connectivity index (χ1) is 12.3. The molecule has 26 heavy (non-hydrogen) atoms. The summed E-state index contributed by atoms with van der Waals surface area (Å²) in [5.41, 5.74) is 0.969. The van der Waals surface area contributed by atoms with Crippen LogP contribution in [0.4, 0.5) is 11.4 Å². The van der Waals surface area contributed by atoms with Crippen LogP contribution < -0.4 is 20.1 Å². The molecule has 0 aliphatic rings. The molecule has 2 aromatic rings. The number of nitrogens with one attached hydrogen (secondary N) is 2. The monoisotopic (exact) mass is 440 g/mol. The number of ether oxygens (including phenoxy) is 2. The van der Waals surface area contributed by atoms with E-state index in [4.69, 9.17) is 21.1 Å². The summed E-state index contributed by atoms with van der Waals surface area (Å²) < 4.78 is 11.5. The molecule has 1 atom stereocenters. The first kappa shape index (κ1) is 20.1. The zero-order valence-electron chi connectivity index (χ0n) is 14.4. The van der Waals surface area contributed by atoms with Gasteiger partial charge >= 0.3 is 0 Å². The molecule has 0 heterocycles. The maximum absolute atomic E-state index is 12.4. The summed E-state index contributed by atoms with van der Waals surface area (Å²) in [6, 6.07) is 9.98. The van der Waals surface area contributed by atoms with Crippen molar-refractivity contribution in [2.24, 2.45) is 0 Å². The highest BCUT2D eigenvalue weighted by Crippen LogP contribution is 2.30. The van der Waals surface area contributed by atoms with Gasteiger partial charge in [-0.1, -0.05) is 11.6 Å². The smallest absolute Gasteiger partial charge is 0.265 e. The Morgan fingerprint density at radius 1 is 1.12 bits per heavy atom. The summed E-state index contributed by atoms with van der Waals surface area (Å²) in [5.74, 6) is 0.417. The molecule has 0 bridgehead atoms. The lowest BCUT2D eigenvalue weighted by Crippen LogP contribution is -2.30. The molecule has 0 radical (unpaired) electrons. The molecule has 0 saturated heterocycles. The van der Waals surface area contributed by atoms with Crippen molar-refractivity contribution in [2.75, 3.05) is 17.7 Å². The van der Waals surface area contributed by atoms with Gasteiger partial charge in [0.25, 0.3) is 5.91 Å². The van der Waals surface area contributed by atoms with Crippen molar-refractivity contribution >= 4 is 50.7 Å². The van der Waals surface area contributed by atoms with Crippen molar-refractivity contribution in [1.82, 2.24) is 0 Å². The Morgan fingerprint density at radius 2 is 1.81 bits per heavy atom. The number of benzene rings is 2. The maximum Gasteiger partial charge on any atom is 0.265 e. The number of anilines is 2. The van der Waals surface area contributed by atoms with E-state index in [2.05, 4.69) is 26.6 Å². The third-order valence-corrected chi connectivity index (χ3v) is 4.20. The summed E-state index contributed by atoms with van der Waals surface area (Å²) in [4.78, 5) is 23.7. The minimum atomic E-state index is -0.751. The van der Waals surface area contributed by atoms with E-state index in [0.717, 1.165) is 0 Å². The van der Waals surface area contributed by atoms with E-state index in [0.29, 0.717) is 32.4 Å². The lowest BCUT2D eigenvalue weighted by Gasteiger charge is -2.17. The Kier molecular flexibility index (Phi) is 6.88. The van der Waals surface area contributed by atoms with Crippen LogP contribution >= 0.6 is 27.5 Å². The second-order valence-electron chi connectivity index (χ2n) is 5.42. The van der Waals surface area contributed by atoms with Gasteiger partial charge < -0.3 is 20.1 Å². The van der Waals surface area contributed by atoms with E-state index in [9.17, 15) is 9.59 Å². The van der Waals surface area contributed by atoms with Crippen LogP contribution in [0.15, 0.2) is 40.9 Å². The van der Waals surface area contributed by atoms with E-state index in [1.54, 1.807) is 43.3 Å². The van der Waals surface area contributed by atoms with Crippen LogP contribution in [0.5, 0.6) is 11.5 Å². The minimum Gasteiger partial charge on any atom is -0.495 e. The number of carbonyl (C=O) groups excluding carboxylic acids is 2. The molecular weight excluding hydrogens is 424 g/mol. The van der Waals surface area contributed by atoms with E-state index >= 15 is 0 Å². The molecule has 0 aromatic heterocycles. The van der Waals surface area contributed by atoms with E-state index < -0.39 is 6.10 Å². The highest BCUT2D eigenvalue weighted by atomic mass is 79.9. The second kappa shape index (κ2) is 8.91. The quantitative estimate of drug-likeness (QED) is 0.693. The highest BCUT2D eigenvalue weighted by molar-refractivity contribution is 9.10. The minimum absolute atomic E-state index is 0.240. The van der Waals surface area contributed by atoms with Gasteiger partial charge in [-0.15, -0.1) is 0 Å². The summed E-state index contributed by atoms with van der Waals surface area (Å²) in [6.07, 6.45) is -0.751. The van der Waals surface area contributed by atoms with Gasteiger partial charge in [0.2, 0.25) is 5.91 Å². The molecular formula is C18H18BrClN2O4. The van der Waals surface area contributed by atoms with Crippen molar-refractivity contribution in [1.29, 1.82) is 0 Å². The lowest BCUT2D eigenvalue weighted by molar-refractivity contribution is -0.122. The molecule has 138 valence electrons. The third kappa shape index (κ3) is 5.37. The van der Waals surface area contributed by atoms with Gasteiger partial charge in [-0.3, -0.25) is 9.59 Å². The van der Waals surface area contributed by atoms with Crippen LogP contribution in [0.3, 0.4) is 0 Å². The maximum atomic E-state index is 12.4. The molecule has 2 rings (SSSR count). The Bertz CT molecular complexity index is 829. The van der Waals surface area contributed by atoms with Crippen molar-refractivity contribution < 1.29 is 19.1 Å². The Hall–Kier alpha value is -2.25. The fourth-order valence-electron chi connectivity index (χ4n) is 2.13. The highest BCUT2D eigenvalue weighted by Gasteiger charge is 2.17. The SMILES string of the molecule is COc1ccc(NC(=O)[C@H](C)Oc2ccc(Cl)cc2Br)cc1NC(C)=O. The molecule has 2 N–H and O–H groups in total. The van der Waals surface area contributed by atoms with E-state index in [1.807, 2.05) is 0 Å². The molecule has 6 nitrogen and oxygen atoms in total. The summed E-state index contributed by atoms with van der Waals surface area (Å²) in [6.45, 7) is 3.03. The van der Waals surface area contributed by atoms with Crippen LogP contribution in [0.1, 0.15) is 13.8 Å². The van der Waals surface area contributed by atoms with E-state index in [-0.39, 0.29) is 11.8 Å². The number of amides is 2. The van der Waals surface area contributed by atoms with Crippen LogP contribution in [-0.2, 0) is 9.59 Å². The number of hydrogen-bond donors (Lipinski definition) is 2. The lowest BCUT2D eigenvalue weighted by atomic mass is 10.2. The first-order valence-corrected chi connectivity index (χ1v) is 8.85. The van der Waals surface area contributed by atoms with Crippen LogP contribution in [0, 0.1) is 0 Å². The van der Waals surface area contributed by atoms with Crippen LogP contribution in [0.25, 0.3) is 0 Å². The van der Waals surface area contributed by atoms with Gasteiger partial charge in [0.15, 0.2) is 6.10 Å². The fraction of sp³-hybridized carbons (Fsp3) is 0.222. The molecule has 0 aliphatic carbocycles. The molecule has 8 heteroatoms. The predicted molar refractivity (Wildman–Crippen MR) is 105 cm³/mol. The zero-order valence-corrected chi connectivity index (χ0v) is 16.8. The van der Waals surface area contributed by atoms with Gasteiger partial charge in [-0.25, -0.2) is 0 Å². The third-order valence-electron chi connectivity index (χ3n) is 3.34. The molecule has 0 spiro atoms. The largest absolute Gasteiger partial charge is 0.495 e. The molecule has 0 fully saturated rings. The average Bonchev–Trinajstić information content (AvgIpc) is 2.57. The molecule has 0 saturated carbocycles. The molecule has 0 aliphatic heterocycles. The number of methoxy groups -OCH3 is 1. The molecule has 2 aromatic carbocycles. The first-order valence-electron chi connectivity index (χ1n) is 7.68. The summed E-state index contributed by atoms with van der Waals surface area (Å²) >= 11 is 9.24. The van der Waals surface area contributed by atoms with Crippen LogP contribution in [0.2, 0.25) is 5.02 Å². The average molecular weight is 442 g/mol. The molecule has 0 unspecified atom stereocenters. The van der Waals surface area contributed by atoms with E-state index in [1.165, 1.54) is 14.0 Å². The van der Waals surface area contributed by atoms with Gasteiger partial charge in [0, 0.05) is 17.6 Å². The number of hydrogen-bond acceptors (Lipinski definition) is 4. The number of rotatable bonds is 6. The van der Waals surface area contributed by atoms with Crippen molar-refractivity contribution in [3.63, 3.8) is 0 Å². The standard InChI is InChI=1S/C18H18BrClN2O4/c1-10(26-16-6-4-12(20)8-14(16)19)18(24)22-13-5-7-17(25-3)15(9-13)21-11(2)23/h4-10H,1-3H3,(H,21,23)(H,22,24)/t10-/m0/s1. The van der Waals surface area contributed by atoms with Gasteiger partial charge in [0.1, 0.15) is 11.5 Å². The number of carbonyl (C=O) groups is 2. The Labute approximate surface area is 164 Å². The Balaban J connectivity index is 2.09. The van der Waals surface area contributed by atoms with Crippen LogP contribution in [-0.4, -0.2) is 25.0 Å². The molecule has 2 amide bonds. The van der Waals surface area contributed by atoms with Crippen molar-refractivity contribution in [2.45, 2.75) is 20.0 Å². The zero-order chi connectivity index (χ0) is 19.3.